The first-order valence-corrected chi connectivity index (χ1v) is 6.47. The summed E-state index contributed by atoms with van der Waals surface area (Å²) in [5.41, 5.74) is 4.34. The van der Waals surface area contributed by atoms with E-state index in [0.29, 0.717) is 36.5 Å². The Hall–Kier alpha value is -1.17. The van der Waals surface area contributed by atoms with Crippen molar-refractivity contribution < 1.29 is 14.3 Å². The van der Waals surface area contributed by atoms with E-state index < -0.39 is 11.5 Å². The Balaban J connectivity index is 2.11. The van der Waals surface area contributed by atoms with Crippen LogP contribution in [0.3, 0.4) is 0 Å². The van der Waals surface area contributed by atoms with Crippen LogP contribution in [0.2, 0.25) is 5.02 Å². The van der Waals surface area contributed by atoms with Crippen LogP contribution in [0.25, 0.3) is 0 Å². The van der Waals surface area contributed by atoms with Gasteiger partial charge in [-0.25, -0.2) is 4.39 Å². The number of hydrogen-bond donors (Lipinski definition) is 2. The highest BCUT2D eigenvalue weighted by molar-refractivity contribution is 6.31. The molecule has 1 aliphatic heterocycles. The molecular weight excluding hydrogens is 271 g/mol. The largest absolute Gasteiger partial charge is 0.379 e. The van der Waals surface area contributed by atoms with Gasteiger partial charge in [0.05, 0.1) is 0 Å². The maximum absolute atomic E-state index is 13.2. The quantitative estimate of drug-likeness (QED) is 0.880. The van der Waals surface area contributed by atoms with Crippen molar-refractivity contribution in [1.29, 1.82) is 0 Å². The Labute approximate surface area is 116 Å². The first-order chi connectivity index (χ1) is 8.90. The van der Waals surface area contributed by atoms with Crippen molar-refractivity contribution in [2.45, 2.75) is 25.0 Å². The predicted octanol–water partition coefficient (Wildman–Crippen LogP) is 1.29. The lowest BCUT2D eigenvalue weighted by atomic mass is 9.92. The van der Waals surface area contributed by atoms with Gasteiger partial charge in [0.2, 0.25) is 0 Å². The molecule has 0 spiro atoms. The highest BCUT2D eigenvalue weighted by Gasteiger charge is 2.38. The maximum atomic E-state index is 13.2. The van der Waals surface area contributed by atoms with E-state index in [4.69, 9.17) is 17.3 Å². The van der Waals surface area contributed by atoms with Gasteiger partial charge in [-0.15, -0.1) is 0 Å². The maximum Gasteiger partial charge on any atom is 0.250 e. The number of benzene rings is 1. The Bertz CT molecular complexity index is 498. The molecule has 6 heteroatoms. The average Bonchev–Trinajstić information content (AvgIpc) is 2.34. The second-order valence-corrected chi connectivity index (χ2v) is 5.35. The predicted molar refractivity (Wildman–Crippen MR) is 70.1 cm³/mol. The summed E-state index contributed by atoms with van der Waals surface area (Å²) in [4.78, 5) is 13.1. The van der Waals surface area contributed by atoms with E-state index in [2.05, 4.69) is 0 Å². The van der Waals surface area contributed by atoms with Crippen molar-refractivity contribution in [2.75, 3.05) is 13.1 Å². The van der Waals surface area contributed by atoms with Gasteiger partial charge in [-0.3, -0.25) is 9.69 Å². The Morgan fingerprint density at radius 1 is 1.58 bits per heavy atom. The molecular formula is C13H16ClFN2O2. The van der Waals surface area contributed by atoms with Crippen molar-refractivity contribution in [3.63, 3.8) is 0 Å². The molecule has 3 N–H and O–H groups in total. The number of nitrogens with two attached hydrogens (primary N) is 1. The molecule has 1 aromatic rings. The fraction of sp³-hybridized carbons (Fsp3) is 0.462. The first kappa shape index (κ1) is 14.2. The molecule has 104 valence electrons. The minimum absolute atomic E-state index is 0.148. The zero-order valence-corrected chi connectivity index (χ0v) is 11.2. The molecule has 1 aromatic carbocycles. The molecule has 4 nitrogen and oxygen atoms in total. The highest BCUT2D eigenvalue weighted by Crippen LogP contribution is 2.25. The van der Waals surface area contributed by atoms with E-state index in [0.717, 1.165) is 0 Å². The Morgan fingerprint density at radius 3 is 3.00 bits per heavy atom. The van der Waals surface area contributed by atoms with Crippen LogP contribution in [0.1, 0.15) is 18.4 Å². The first-order valence-electron chi connectivity index (χ1n) is 6.09. The number of amides is 1. The summed E-state index contributed by atoms with van der Waals surface area (Å²) >= 11 is 6.00. The summed E-state index contributed by atoms with van der Waals surface area (Å²) in [7, 11) is 0. The van der Waals surface area contributed by atoms with Gasteiger partial charge in [-0.2, -0.15) is 0 Å². The number of primary amides is 1. The molecule has 2 rings (SSSR count). The number of piperidine rings is 1. The second kappa shape index (κ2) is 5.45. The molecule has 1 fully saturated rings. The number of likely N-dealkylation sites (tertiary alicyclic amines) is 1. The van der Waals surface area contributed by atoms with Crippen LogP contribution >= 0.6 is 11.6 Å². The molecule has 1 heterocycles. The van der Waals surface area contributed by atoms with E-state index in [9.17, 15) is 14.3 Å². The smallest absolute Gasteiger partial charge is 0.250 e. The number of carbonyl (C=O) groups is 1. The van der Waals surface area contributed by atoms with Crippen LogP contribution in [0, 0.1) is 5.82 Å². The number of carbonyl (C=O) groups excluding carboxylic acids is 1. The summed E-state index contributed by atoms with van der Waals surface area (Å²) in [6.45, 7) is 1.24. The van der Waals surface area contributed by atoms with Crippen LogP contribution in [0.5, 0.6) is 0 Å². The third kappa shape index (κ3) is 3.23. The van der Waals surface area contributed by atoms with E-state index in [1.165, 1.54) is 18.2 Å². The lowest BCUT2D eigenvalue weighted by Gasteiger charge is -2.37. The molecule has 1 saturated heterocycles. The van der Waals surface area contributed by atoms with Crippen LogP contribution < -0.4 is 5.73 Å². The lowest BCUT2D eigenvalue weighted by molar-refractivity contribution is -0.142. The van der Waals surface area contributed by atoms with Gasteiger partial charge in [-0.05, 0) is 43.1 Å². The summed E-state index contributed by atoms with van der Waals surface area (Å²) in [6, 6.07) is 4.15. The monoisotopic (exact) mass is 286 g/mol. The molecule has 1 atom stereocenters. The van der Waals surface area contributed by atoms with Crippen LogP contribution in [0.15, 0.2) is 18.2 Å². The van der Waals surface area contributed by atoms with Crippen LogP contribution in [-0.4, -0.2) is 34.6 Å². The zero-order valence-electron chi connectivity index (χ0n) is 10.4. The molecule has 0 unspecified atom stereocenters. The molecule has 19 heavy (non-hydrogen) atoms. The van der Waals surface area contributed by atoms with E-state index >= 15 is 0 Å². The zero-order chi connectivity index (χ0) is 14.0. The molecule has 0 saturated carbocycles. The fourth-order valence-electron chi connectivity index (χ4n) is 2.36. The molecule has 1 aliphatic rings. The lowest BCUT2D eigenvalue weighted by Crippen LogP contribution is -2.55. The SMILES string of the molecule is NC(=O)[C@]1(O)CCCN(Cc2cc(F)ccc2Cl)C1. The Kier molecular flexibility index (Phi) is 4.08. The highest BCUT2D eigenvalue weighted by atomic mass is 35.5. The van der Waals surface area contributed by atoms with Crippen molar-refractivity contribution in [1.82, 2.24) is 4.90 Å². The van der Waals surface area contributed by atoms with Gasteiger partial charge >= 0.3 is 0 Å². The average molecular weight is 287 g/mol. The molecule has 0 aliphatic carbocycles. The van der Waals surface area contributed by atoms with Crippen LogP contribution in [-0.2, 0) is 11.3 Å². The van der Waals surface area contributed by atoms with E-state index in [-0.39, 0.29) is 12.4 Å². The minimum Gasteiger partial charge on any atom is -0.379 e. The molecule has 0 aromatic heterocycles. The topological polar surface area (TPSA) is 66.6 Å². The number of rotatable bonds is 3. The van der Waals surface area contributed by atoms with Gasteiger partial charge in [0.1, 0.15) is 5.82 Å². The summed E-state index contributed by atoms with van der Waals surface area (Å²) < 4.78 is 13.2. The second-order valence-electron chi connectivity index (χ2n) is 4.95. The number of hydrogen-bond acceptors (Lipinski definition) is 3. The van der Waals surface area contributed by atoms with Crippen molar-refractivity contribution >= 4 is 17.5 Å². The number of aliphatic hydroxyl groups is 1. The third-order valence-corrected chi connectivity index (χ3v) is 3.78. The van der Waals surface area contributed by atoms with E-state index in [1.54, 1.807) is 0 Å². The van der Waals surface area contributed by atoms with Gasteiger partial charge in [0, 0.05) is 18.1 Å². The van der Waals surface area contributed by atoms with Gasteiger partial charge < -0.3 is 10.8 Å². The van der Waals surface area contributed by atoms with Crippen LogP contribution in [0.4, 0.5) is 4.39 Å². The number of nitrogens with zero attached hydrogens (tertiary/aromatic N) is 1. The summed E-state index contributed by atoms with van der Waals surface area (Å²) in [5.74, 6) is -1.08. The van der Waals surface area contributed by atoms with Crippen molar-refractivity contribution in [3.05, 3.63) is 34.6 Å². The number of β-amino-alcohol motifs (C(OH)–C–C–N with tert-alkyl or cyclic N) is 1. The van der Waals surface area contributed by atoms with E-state index in [1.807, 2.05) is 4.90 Å². The van der Waals surface area contributed by atoms with Gasteiger partial charge in [-0.1, -0.05) is 11.6 Å². The minimum atomic E-state index is -1.50. The normalized spacial score (nSPS) is 24.4. The molecule has 1 amide bonds. The van der Waals surface area contributed by atoms with Gasteiger partial charge in [0.25, 0.3) is 5.91 Å². The fourth-order valence-corrected chi connectivity index (χ4v) is 2.54. The molecule has 0 bridgehead atoms. The van der Waals surface area contributed by atoms with Gasteiger partial charge in [0.15, 0.2) is 5.60 Å². The Morgan fingerprint density at radius 2 is 2.32 bits per heavy atom. The standard InChI is InChI=1S/C13H16ClFN2O2/c14-11-3-2-10(15)6-9(11)7-17-5-1-4-13(19,8-17)12(16)18/h2-3,6,19H,1,4-5,7-8H2,(H2,16,18)/t13-/m0/s1. The number of halogens is 2. The summed E-state index contributed by atoms with van der Waals surface area (Å²) in [6.07, 6.45) is 1.02. The third-order valence-electron chi connectivity index (χ3n) is 3.41. The van der Waals surface area contributed by atoms with Crippen molar-refractivity contribution in [2.24, 2.45) is 5.73 Å². The molecule has 0 radical (unpaired) electrons. The van der Waals surface area contributed by atoms with Crippen molar-refractivity contribution in [3.8, 4) is 0 Å². The summed E-state index contributed by atoms with van der Waals surface area (Å²) in [5, 5.41) is 10.6.